The number of hydrogen-bond acceptors (Lipinski definition) is 2. The van der Waals surface area contributed by atoms with E-state index in [-0.39, 0.29) is 12.6 Å². The number of nitrogens with zero attached hydrogens (tertiary/aromatic N) is 1. The molecular weight excluding hydrogens is 312 g/mol. The van der Waals surface area contributed by atoms with Crippen molar-refractivity contribution in [3.8, 4) is 0 Å². The van der Waals surface area contributed by atoms with Gasteiger partial charge in [-0.25, -0.2) is 4.79 Å². The van der Waals surface area contributed by atoms with Crippen LogP contribution in [0.4, 0.5) is 4.79 Å². The number of rotatable bonds is 4. The fourth-order valence-corrected chi connectivity index (χ4v) is 4.45. The van der Waals surface area contributed by atoms with Crippen LogP contribution in [0.2, 0.25) is 0 Å². The highest BCUT2D eigenvalue weighted by Crippen LogP contribution is 2.33. The fraction of sp³-hybridized carbons (Fsp3) is 0.667. The minimum atomic E-state index is 0.0793. The molecule has 0 spiro atoms. The van der Waals surface area contributed by atoms with Crippen LogP contribution in [0.5, 0.6) is 0 Å². The fourth-order valence-electron chi connectivity index (χ4n) is 4.45. The molecule has 0 saturated heterocycles. The van der Waals surface area contributed by atoms with Crippen molar-refractivity contribution in [2.75, 3.05) is 13.7 Å². The molecule has 0 radical (unpaired) electrons. The van der Waals surface area contributed by atoms with Gasteiger partial charge in [0.15, 0.2) is 0 Å². The molecule has 1 aromatic rings. The van der Waals surface area contributed by atoms with Crippen LogP contribution in [0.25, 0.3) is 0 Å². The molecule has 4 nitrogen and oxygen atoms in total. The molecule has 0 unspecified atom stereocenters. The van der Waals surface area contributed by atoms with Gasteiger partial charge in [0.05, 0.1) is 0 Å². The third-order valence-electron chi connectivity index (χ3n) is 6.27. The third-order valence-corrected chi connectivity index (χ3v) is 6.27. The minimum Gasteiger partial charge on any atom is -0.396 e. The summed E-state index contributed by atoms with van der Waals surface area (Å²) >= 11 is 0. The molecule has 2 aliphatic rings. The number of benzene rings is 1. The lowest BCUT2D eigenvalue weighted by Crippen LogP contribution is -2.49. The van der Waals surface area contributed by atoms with Gasteiger partial charge < -0.3 is 15.3 Å². The molecule has 2 N–H and O–H groups in total. The Labute approximate surface area is 151 Å². The molecule has 138 valence electrons. The zero-order valence-electron chi connectivity index (χ0n) is 15.4. The van der Waals surface area contributed by atoms with Gasteiger partial charge >= 0.3 is 6.03 Å². The summed E-state index contributed by atoms with van der Waals surface area (Å²) in [5.41, 5.74) is 1.44. The second-order valence-corrected chi connectivity index (χ2v) is 7.88. The summed E-state index contributed by atoms with van der Waals surface area (Å²) in [7, 11) is 1.93. The lowest BCUT2D eigenvalue weighted by Gasteiger charge is -2.36. The number of aliphatic hydroxyl groups excluding tert-OH is 1. The van der Waals surface area contributed by atoms with Crippen LogP contribution in [-0.4, -0.2) is 41.8 Å². The van der Waals surface area contributed by atoms with Crippen molar-refractivity contribution in [1.82, 2.24) is 10.2 Å². The predicted molar refractivity (Wildman–Crippen MR) is 101 cm³/mol. The van der Waals surface area contributed by atoms with Gasteiger partial charge in [-0.1, -0.05) is 30.3 Å². The Morgan fingerprint density at radius 1 is 1.04 bits per heavy atom. The van der Waals surface area contributed by atoms with Crippen molar-refractivity contribution in [3.05, 3.63) is 35.9 Å². The lowest BCUT2D eigenvalue weighted by molar-refractivity contribution is 0.131. The third kappa shape index (κ3) is 4.75. The topological polar surface area (TPSA) is 52.6 Å². The van der Waals surface area contributed by atoms with Gasteiger partial charge in [0.25, 0.3) is 0 Å². The lowest BCUT2D eigenvalue weighted by atomic mass is 9.82. The van der Waals surface area contributed by atoms with E-state index in [0.717, 1.165) is 51.4 Å². The molecule has 2 aliphatic carbocycles. The first-order valence-electron chi connectivity index (χ1n) is 9.86. The molecule has 4 heteroatoms. The highest BCUT2D eigenvalue weighted by molar-refractivity contribution is 5.74. The van der Waals surface area contributed by atoms with Gasteiger partial charge in [0.1, 0.15) is 0 Å². The Morgan fingerprint density at radius 2 is 1.68 bits per heavy atom. The number of aliphatic hydroxyl groups is 1. The van der Waals surface area contributed by atoms with Crippen molar-refractivity contribution >= 4 is 6.03 Å². The molecule has 0 aliphatic heterocycles. The normalized spacial score (nSPS) is 29.8. The maximum Gasteiger partial charge on any atom is 0.317 e. The van der Waals surface area contributed by atoms with Gasteiger partial charge in [-0.2, -0.15) is 0 Å². The quantitative estimate of drug-likeness (QED) is 0.870. The van der Waals surface area contributed by atoms with Crippen LogP contribution in [0.15, 0.2) is 30.3 Å². The molecule has 2 fully saturated rings. The Bertz CT molecular complexity index is 532. The van der Waals surface area contributed by atoms with E-state index in [4.69, 9.17) is 0 Å². The van der Waals surface area contributed by atoms with E-state index in [1.54, 1.807) is 0 Å². The van der Waals surface area contributed by atoms with E-state index >= 15 is 0 Å². The molecule has 1 aromatic carbocycles. The van der Waals surface area contributed by atoms with Crippen LogP contribution < -0.4 is 5.32 Å². The van der Waals surface area contributed by atoms with E-state index in [0.29, 0.717) is 23.9 Å². The second kappa shape index (κ2) is 8.70. The smallest absolute Gasteiger partial charge is 0.317 e. The number of amides is 2. The summed E-state index contributed by atoms with van der Waals surface area (Å²) in [6.07, 6.45) is 8.51. The SMILES string of the molecule is CN(C(=O)NC1CCC(c2ccccc2)CC1)C1CCC(CO)CC1. The number of carbonyl (C=O) groups is 1. The van der Waals surface area contributed by atoms with E-state index in [1.165, 1.54) is 5.56 Å². The van der Waals surface area contributed by atoms with Crippen LogP contribution >= 0.6 is 0 Å². The minimum absolute atomic E-state index is 0.0793. The van der Waals surface area contributed by atoms with Crippen LogP contribution in [-0.2, 0) is 0 Å². The standard InChI is InChI=1S/C21H32N2O2/c1-23(20-13-7-16(15-24)8-14-20)21(25)22-19-11-9-18(10-12-19)17-5-3-2-4-6-17/h2-6,16,18-20,24H,7-15H2,1H3,(H,22,25). The maximum absolute atomic E-state index is 12.6. The number of carbonyl (C=O) groups excluding carboxylic acids is 1. The zero-order valence-corrected chi connectivity index (χ0v) is 15.4. The number of nitrogens with one attached hydrogen (secondary N) is 1. The first kappa shape index (κ1) is 18.2. The monoisotopic (exact) mass is 344 g/mol. The van der Waals surface area contributed by atoms with E-state index in [1.807, 2.05) is 11.9 Å². The summed E-state index contributed by atoms with van der Waals surface area (Å²) in [6.45, 7) is 0.285. The van der Waals surface area contributed by atoms with Gasteiger partial charge in [0, 0.05) is 25.7 Å². The van der Waals surface area contributed by atoms with E-state index in [2.05, 4.69) is 35.6 Å². The summed E-state index contributed by atoms with van der Waals surface area (Å²) in [4.78, 5) is 14.5. The Kier molecular flexibility index (Phi) is 6.35. The van der Waals surface area contributed by atoms with Gasteiger partial charge in [-0.15, -0.1) is 0 Å². The van der Waals surface area contributed by atoms with E-state index < -0.39 is 0 Å². The van der Waals surface area contributed by atoms with E-state index in [9.17, 15) is 9.90 Å². The van der Waals surface area contributed by atoms with Crippen molar-refractivity contribution in [2.24, 2.45) is 5.92 Å². The van der Waals surface area contributed by atoms with Crippen LogP contribution in [0.1, 0.15) is 62.8 Å². The highest BCUT2D eigenvalue weighted by Gasteiger charge is 2.28. The summed E-state index contributed by atoms with van der Waals surface area (Å²) in [5, 5.41) is 12.5. The Morgan fingerprint density at radius 3 is 2.28 bits per heavy atom. The first-order chi connectivity index (χ1) is 12.2. The predicted octanol–water partition coefficient (Wildman–Crippen LogP) is 3.91. The average Bonchev–Trinajstić information content (AvgIpc) is 2.68. The second-order valence-electron chi connectivity index (χ2n) is 7.88. The maximum atomic E-state index is 12.6. The average molecular weight is 344 g/mol. The molecule has 3 rings (SSSR count). The highest BCUT2D eigenvalue weighted by atomic mass is 16.3. The molecule has 0 atom stereocenters. The van der Waals surface area contributed by atoms with Crippen LogP contribution in [0.3, 0.4) is 0 Å². The Hall–Kier alpha value is -1.55. The van der Waals surface area contributed by atoms with Crippen molar-refractivity contribution in [3.63, 3.8) is 0 Å². The first-order valence-corrected chi connectivity index (χ1v) is 9.86. The molecule has 0 heterocycles. The summed E-state index contributed by atoms with van der Waals surface area (Å²) in [5.74, 6) is 1.07. The number of hydrogen-bond donors (Lipinski definition) is 2. The van der Waals surface area contributed by atoms with Gasteiger partial charge in [-0.3, -0.25) is 0 Å². The van der Waals surface area contributed by atoms with Crippen molar-refractivity contribution in [2.45, 2.75) is 69.4 Å². The van der Waals surface area contributed by atoms with Gasteiger partial charge in [0.2, 0.25) is 0 Å². The molecule has 2 saturated carbocycles. The molecule has 2 amide bonds. The zero-order chi connectivity index (χ0) is 17.6. The Balaban J connectivity index is 1.43. The van der Waals surface area contributed by atoms with Crippen LogP contribution in [0, 0.1) is 5.92 Å². The number of urea groups is 1. The largest absolute Gasteiger partial charge is 0.396 e. The molecule has 0 aromatic heterocycles. The summed E-state index contributed by atoms with van der Waals surface area (Å²) in [6, 6.07) is 11.5. The van der Waals surface area contributed by atoms with Gasteiger partial charge in [-0.05, 0) is 68.8 Å². The van der Waals surface area contributed by atoms with Crippen molar-refractivity contribution in [1.29, 1.82) is 0 Å². The summed E-state index contributed by atoms with van der Waals surface area (Å²) < 4.78 is 0. The molecular formula is C21H32N2O2. The molecule has 0 bridgehead atoms. The van der Waals surface area contributed by atoms with Crippen molar-refractivity contribution < 1.29 is 9.90 Å². The molecule has 25 heavy (non-hydrogen) atoms.